The number of nitrogens with one attached hydrogen (secondary N) is 1. The molecule has 0 unspecified atom stereocenters. The van der Waals surface area contributed by atoms with Gasteiger partial charge in [0.15, 0.2) is 0 Å². The monoisotopic (exact) mass is 194 g/mol. The molecule has 14 heavy (non-hydrogen) atoms. The van der Waals surface area contributed by atoms with E-state index < -0.39 is 0 Å². The molecular formula is C11H18N2O. The minimum Gasteiger partial charge on any atom is -0.315 e. The van der Waals surface area contributed by atoms with Crippen molar-refractivity contribution >= 4 is 0 Å². The van der Waals surface area contributed by atoms with Crippen LogP contribution in [0.5, 0.6) is 0 Å². The van der Waals surface area contributed by atoms with Gasteiger partial charge in [0.25, 0.3) is 5.56 Å². The lowest BCUT2D eigenvalue weighted by molar-refractivity contribution is 0.623. The Balaban J connectivity index is 3.12. The van der Waals surface area contributed by atoms with Gasteiger partial charge < -0.3 is 9.88 Å². The van der Waals surface area contributed by atoms with Crippen molar-refractivity contribution in [1.29, 1.82) is 0 Å². The highest BCUT2D eigenvalue weighted by Crippen LogP contribution is 1.99. The lowest BCUT2D eigenvalue weighted by Gasteiger charge is -2.10. The van der Waals surface area contributed by atoms with Crippen LogP contribution in [0.2, 0.25) is 0 Å². The first kappa shape index (κ1) is 11.0. The molecule has 1 heterocycles. The summed E-state index contributed by atoms with van der Waals surface area (Å²) in [6, 6.07) is 3.91. The normalized spacial score (nSPS) is 10.5. The molecule has 0 fully saturated rings. The van der Waals surface area contributed by atoms with Crippen molar-refractivity contribution in [2.24, 2.45) is 0 Å². The lowest BCUT2D eigenvalue weighted by Crippen LogP contribution is -2.27. The Morgan fingerprint density at radius 3 is 2.71 bits per heavy atom. The van der Waals surface area contributed by atoms with Gasteiger partial charge >= 0.3 is 0 Å². The molecule has 78 valence electrons. The van der Waals surface area contributed by atoms with E-state index in [2.05, 4.69) is 12.2 Å². The molecule has 0 saturated carbocycles. The number of hydrogen-bond acceptors (Lipinski definition) is 2. The summed E-state index contributed by atoms with van der Waals surface area (Å²) in [5.74, 6) is 0. The van der Waals surface area contributed by atoms with Crippen LogP contribution in [-0.4, -0.2) is 11.6 Å². The van der Waals surface area contributed by atoms with Gasteiger partial charge in [0.05, 0.1) is 0 Å². The molecule has 0 aliphatic rings. The maximum absolute atomic E-state index is 11.9. The molecule has 0 saturated heterocycles. The van der Waals surface area contributed by atoms with Crippen LogP contribution in [-0.2, 0) is 13.1 Å². The summed E-state index contributed by atoms with van der Waals surface area (Å²) < 4.78 is 1.84. The molecule has 1 rings (SSSR count). The predicted octanol–water partition coefficient (Wildman–Crippen LogP) is 1.29. The van der Waals surface area contributed by atoms with Gasteiger partial charge in [-0.3, -0.25) is 4.79 Å². The maximum Gasteiger partial charge on any atom is 0.255 e. The molecule has 0 radical (unpaired) electrons. The second-order valence-electron chi connectivity index (χ2n) is 3.49. The van der Waals surface area contributed by atoms with E-state index in [4.69, 9.17) is 0 Å². The number of aryl methyl sites for hydroxylation is 1. The summed E-state index contributed by atoms with van der Waals surface area (Å²) in [5, 5.41) is 3.00. The molecule has 0 bridgehead atoms. The zero-order chi connectivity index (χ0) is 10.6. The third kappa shape index (κ3) is 2.23. The van der Waals surface area contributed by atoms with Gasteiger partial charge in [0.1, 0.15) is 0 Å². The quantitative estimate of drug-likeness (QED) is 0.783. The van der Waals surface area contributed by atoms with Crippen LogP contribution in [0.1, 0.15) is 24.6 Å². The van der Waals surface area contributed by atoms with Gasteiger partial charge in [-0.1, -0.05) is 13.0 Å². The molecular weight excluding hydrogens is 176 g/mol. The van der Waals surface area contributed by atoms with E-state index in [0.717, 1.165) is 24.2 Å². The minimum atomic E-state index is 0.140. The number of pyridine rings is 1. The van der Waals surface area contributed by atoms with Gasteiger partial charge in [-0.25, -0.2) is 0 Å². The molecule has 1 aromatic heterocycles. The Bertz CT molecular complexity index is 355. The SMILES string of the molecule is CCCn1c(C)ccc(CNC)c1=O. The molecule has 0 aliphatic heterocycles. The van der Waals surface area contributed by atoms with Crippen molar-refractivity contribution in [3.05, 3.63) is 33.7 Å². The Morgan fingerprint density at radius 1 is 1.43 bits per heavy atom. The second-order valence-corrected chi connectivity index (χ2v) is 3.49. The van der Waals surface area contributed by atoms with E-state index >= 15 is 0 Å². The topological polar surface area (TPSA) is 34.0 Å². The largest absolute Gasteiger partial charge is 0.315 e. The molecule has 0 aromatic carbocycles. The fourth-order valence-electron chi connectivity index (χ4n) is 1.54. The highest BCUT2D eigenvalue weighted by Gasteiger charge is 2.03. The summed E-state index contributed by atoms with van der Waals surface area (Å²) in [6.07, 6.45) is 0.990. The van der Waals surface area contributed by atoms with Crippen LogP contribution >= 0.6 is 0 Å². The second kappa shape index (κ2) is 4.96. The van der Waals surface area contributed by atoms with E-state index in [-0.39, 0.29) is 5.56 Å². The summed E-state index contributed by atoms with van der Waals surface area (Å²) in [4.78, 5) is 11.9. The van der Waals surface area contributed by atoms with E-state index in [1.54, 1.807) is 0 Å². The minimum absolute atomic E-state index is 0.140. The average Bonchev–Trinajstić information content (AvgIpc) is 2.17. The zero-order valence-electron chi connectivity index (χ0n) is 9.13. The first-order valence-corrected chi connectivity index (χ1v) is 5.04. The van der Waals surface area contributed by atoms with Gasteiger partial charge in [-0.05, 0) is 26.5 Å². The Hall–Kier alpha value is -1.09. The smallest absolute Gasteiger partial charge is 0.255 e. The van der Waals surface area contributed by atoms with Crippen molar-refractivity contribution in [3.63, 3.8) is 0 Å². The highest BCUT2D eigenvalue weighted by molar-refractivity contribution is 5.15. The third-order valence-corrected chi connectivity index (χ3v) is 2.29. The fraction of sp³-hybridized carbons (Fsp3) is 0.545. The van der Waals surface area contributed by atoms with E-state index in [0.29, 0.717) is 6.54 Å². The average molecular weight is 194 g/mol. The van der Waals surface area contributed by atoms with Crippen molar-refractivity contribution in [2.75, 3.05) is 7.05 Å². The van der Waals surface area contributed by atoms with Gasteiger partial charge in [0, 0.05) is 24.3 Å². The summed E-state index contributed by atoms with van der Waals surface area (Å²) >= 11 is 0. The standard InChI is InChI=1S/C11H18N2O/c1-4-7-13-9(2)5-6-10(8-12-3)11(13)14/h5-6,12H,4,7-8H2,1-3H3. The number of nitrogens with zero attached hydrogens (tertiary/aromatic N) is 1. The number of aromatic nitrogens is 1. The molecule has 0 atom stereocenters. The number of rotatable bonds is 4. The lowest BCUT2D eigenvalue weighted by atomic mass is 10.2. The predicted molar refractivity (Wildman–Crippen MR) is 58.5 cm³/mol. The van der Waals surface area contributed by atoms with Crippen LogP contribution in [0.15, 0.2) is 16.9 Å². The van der Waals surface area contributed by atoms with E-state index in [9.17, 15) is 4.79 Å². The van der Waals surface area contributed by atoms with Crippen molar-refractivity contribution in [3.8, 4) is 0 Å². The Morgan fingerprint density at radius 2 is 2.14 bits per heavy atom. The summed E-state index contributed by atoms with van der Waals surface area (Å²) in [5.41, 5.74) is 2.02. The Labute approximate surface area is 84.8 Å². The molecule has 1 N–H and O–H groups in total. The van der Waals surface area contributed by atoms with Gasteiger partial charge in [0.2, 0.25) is 0 Å². The molecule has 1 aromatic rings. The van der Waals surface area contributed by atoms with Crippen LogP contribution < -0.4 is 10.9 Å². The van der Waals surface area contributed by atoms with Crippen molar-refractivity contribution in [1.82, 2.24) is 9.88 Å². The van der Waals surface area contributed by atoms with E-state index in [1.165, 1.54) is 0 Å². The van der Waals surface area contributed by atoms with Crippen LogP contribution in [0.4, 0.5) is 0 Å². The molecule has 3 nitrogen and oxygen atoms in total. The maximum atomic E-state index is 11.9. The van der Waals surface area contributed by atoms with Crippen LogP contribution in [0, 0.1) is 6.92 Å². The van der Waals surface area contributed by atoms with Gasteiger partial charge in [-0.2, -0.15) is 0 Å². The molecule has 0 amide bonds. The number of hydrogen-bond donors (Lipinski definition) is 1. The Kier molecular flexibility index (Phi) is 3.89. The summed E-state index contributed by atoms with van der Waals surface area (Å²) in [6.45, 7) is 5.50. The summed E-state index contributed by atoms with van der Waals surface area (Å²) in [7, 11) is 1.85. The van der Waals surface area contributed by atoms with E-state index in [1.807, 2.05) is 30.7 Å². The van der Waals surface area contributed by atoms with Crippen molar-refractivity contribution < 1.29 is 0 Å². The highest BCUT2D eigenvalue weighted by atomic mass is 16.1. The van der Waals surface area contributed by atoms with Crippen molar-refractivity contribution in [2.45, 2.75) is 33.4 Å². The van der Waals surface area contributed by atoms with Gasteiger partial charge in [-0.15, -0.1) is 0 Å². The first-order valence-electron chi connectivity index (χ1n) is 5.04. The molecule has 0 spiro atoms. The van der Waals surface area contributed by atoms with Crippen LogP contribution in [0.3, 0.4) is 0 Å². The molecule has 3 heteroatoms. The first-order chi connectivity index (χ1) is 6.70. The third-order valence-electron chi connectivity index (χ3n) is 2.29. The zero-order valence-corrected chi connectivity index (χ0v) is 9.13. The van der Waals surface area contributed by atoms with Crippen LogP contribution in [0.25, 0.3) is 0 Å². The molecule has 0 aliphatic carbocycles. The fourth-order valence-corrected chi connectivity index (χ4v) is 1.54.